The zero-order chi connectivity index (χ0) is 17.5. The first-order valence-electron chi connectivity index (χ1n) is 8.58. The van der Waals surface area contributed by atoms with Crippen molar-refractivity contribution in [2.24, 2.45) is 0 Å². The van der Waals surface area contributed by atoms with Crippen molar-refractivity contribution in [3.05, 3.63) is 75.3 Å². The van der Waals surface area contributed by atoms with Gasteiger partial charge in [-0.3, -0.25) is 4.79 Å². The lowest BCUT2D eigenvalue weighted by molar-refractivity contribution is 0.0738. The van der Waals surface area contributed by atoms with E-state index in [0.717, 1.165) is 40.0 Å². The van der Waals surface area contributed by atoms with E-state index in [9.17, 15) is 4.79 Å². The molecule has 0 saturated heterocycles. The van der Waals surface area contributed by atoms with Gasteiger partial charge in [-0.05, 0) is 47.0 Å². The van der Waals surface area contributed by atoms with Gasteiger partial charge >= 0.3 is 0 Å². The Kier molecular flexibility index (Phi) is 3.84. The highest BCUT2D eigenvalue weighted by Gasteiger charge is 2.24. The Morgan fingerprint density at radius 1 is 1.04 bits per heavy atom. The molecule has 0 radical (unpaired) electrons. The number of fused-ring (bicyclic) bond motifs is 2. The smallest absolute Gasteiger partial charge is 0.254 e. The molecule has 0 spiro atoms. The van der Waals surface area contributed by atoms with E-state index in [2.05, 4.69) is 17.5 Å². The fraction of sp³-hybridized carbons (Fsp3) is 0.143. The van der Waals surface area contributed by atoms with Gasteiger partial charge in [0, 0.05) is 23.4 Å². The third-order valence-corrected chi connectivity index (χ3v) is 6.73. The van der Waals surface area contributed by atoms with Gasteiger partial charge < -0.3 is 4.90 Å². The van der Waals surface area contributed by atoms with E-state index < -0.39 is 0 Å². The third-order valence-electron chi connectivity index (χ3n) is 4.82. The minimum atomic E-state index is 0.0956. The second kappa shape index (κ2) is 6.34. The maximum Gasteiger partial charge on any atom is 0.254 e. The predicted octanol–water partition coefficient (Wildman–Crippen LogP) is 5.22. The predicted molar refractivity (Wildman–Crippen MR) is 108 cm³/mol. The molecule has 26 heavy (non-hydrogen) atoms. The molecule has 1 amide bonds. The van der Waals surface area contributed by atoms with Crippen molar-refractivity contribution in [1.29, 1.82) is 0 Å². The van der Waals surface area contributed by atoms with Crippen molar-refractivity contribution in [2.75, 3.05) is 6.54 Å². The van der Waals surface area contributed by atoms with E-state index in [1.807, 2.05) is 46.7 Å². The summed E-state index contributed by atoms with van der Waals surface area (Å²) in [5.41, 5.74) is 3.77. The highest BCUT2D eigenvalue weighted by molar-refractivity contribution is 7.13. The summed E-state index contributed by atoms with van der Waals surface area (Å²) in [7, 11) is 0. The van der Waals surface area contributed by atoms with Crippen LogP contribution in [0.25, 0.3) is 21.5 Å². The van der Waals surface area contributed by atoms with Gasteiger partial charge in [-0.25, -0.2) is 4.98 Å². The lowest BCUT2D eigenvalue weighted by atomic mass is 10.0. The number of rotatable bonds is 2. The number of hydrogen-bond donors (Lipinski definition) is 0. The van der Waals surface area contributed by atoms with Crippen molar-refractivity contribution in [3.63, 3.8) is 0 Å². The van der Waals surface area contributed by atoms with Gasteiger partial charge in [0.05, 0.1) is 21.7 Å². The summed E-state index contributed by atoms with van der Waals surface area (Å²) >= 11 is 3.44. The Morgan fingerprint density at radius 3 is 2.85 bits per heavy atom. The molecule has 0 fully saturated rings. The number of amides is 1. The summed E-state index contributed by atoms with van der Waals surface area (Å²) in [5, 5.41) is 5.08. The molecule has 4 heterocycles. The number of nitrogens with zero attached hydrogens (tertiary/aromatic N) is 2. The fourth-order valence-electron chi connectivity index (χ4n) is 3.50. The second-order valence-corrected chi connectivity index (χ2v) is 8.34. The minimum Gasteiger partial charge on any atom is -0.334 e. The maximum absolute atomic E-state index is 13.4. The van der Waals surface area contributed by atoms with Crippen LogP contribution in [0.4, 0.5) is 0 Å². The van der Waals surface area contributed by atoms with Crippen LogP contribution in [-0.4, -0.2) is 22.3 Å². The van der Waals surface area contributed by atoms with Crippen molar-refractivity contribution in [2.45, 2.75) is 13.0 Å². The average molecular weight is 377 g/mol. The number of carbonyl (C=O) groups excluding carboxylic acids is 1. The normalized spacial score (nSPS) is 13.8. The molecule has 0 N–H and O–H groups in total. The van der Waals surface area contributed by atoms with Crippen LogP contribution >= 0.6 is 22.7 Å². The van der Waals surface area contributed by atoms with E-state index in [1.165, 1.54) is 10.4 Å². The number of carbonyl (C=O) groups is 1. The van der Waals surface area contributed by atoms with Crippen molar-refractivity contribution < 1.29 is 4.79 Å². The Labute approximate surface area is 159 Å². The van der Waals surface area contributed by atoms with Gasteiger partial charge in [0.25, 0.3) is 5.91 Å². The van der Waals surface area contributed by atoms with E-state index in [1.54, 1.807) is 22.7 Å². The quantitative estimate of drug-likeness (QED) is 0.480. The second-order valence-electron chi connectivity index (χ2n) is 6.40. The van der Waals surface area contributed by atoms with Gasteiger partial charge in [0.1, 0.15) is 0 Å². The van der Waals surface area contributed by atoms with Crippen LogP contribution in [0.2, 0.25) is 0 Å². The topological polar surface area (TPSA) is 33.2 Å². The van der Waals surface area contributed by atoms with Crippen molar-refractivity contribution in [3.8, 4) is 10.6 Å². The molecule has 0 aliphatic carbocycles. The van der Waals surface area contributed by atoms with Crippen LogP contribution in [0.3, 0.4) is 0 Å². The van der Waals surface area contributed by atoms with Crippen molar-refractivity contribution in [1.82, 2.24) is 9.88 Å². The van der Waals surface area contributed by atoms with Crippen LogP contribution in [0, 0.1) is 0 Å². The molecule has 1 aliphatic rings. The monoisotopic (exact) mass is 376 g/mol. The SMILES string of the molecule is O=C(c1cc(-c2cccs2)nc2ccccc12)N1CCc2sccc2C1. The molecule has 5 heteroatoms. The van der Waals surface area contributed by atoms with Crippen LogP contribution in [0.15, 0.2) is 59.3 Å². The first kappa shape index (κ1) is 15.7. The Bertz CT molecular complexity index is 1100. The fourth-order valence-corrected chi connectivity index (χ4v) is 5.07. The molecule has 3 aromatic heterocycles. The minimum absolute atomic E-state index is 0.0956. The number of hydrogen-bond acceptors (Lipinski definition) is 4. The average Bonchev–Trinajstić information content (AvgIpc) is 3.37. The van der Waals surface area contributed by atoms with Crippen molar-refractivity contribution >= 4 is 39.5 Å². The molecule has 0 unspecified atom stereocenters. The number of pyridine rings is 1. The van der Waals surface area contributed by atoms with Gasteiger partial charge in [0.2, 0.25) is 0 Å². The standard InChI is InChI=1S/C21H16N2OS2/c24-21(23-9-7-19-14(13-23)8-11-26-19)16-12-18(20-6-3-10-25-20)22-17-5-2-1-4-15(16)17/h1-6,8,10-12H,7,9,13H2. The summed E-state index contributed by atoms with van der Waals surface area (Å²) < 4.78 is 0. The summed E-state index contributed by atoms with van der Waals surface area (Å²) in [6, 6.07) is 16.1. The number of aromatic nitrogens is 1. The zero-order valence-electron chi connectivity index (χ0n) is 14.0. The third kappa shape index (κ3) is 2.64. The number of thiophene rings is 2. The van der Waals surface area contributed by atoms with Crippen LogP contribution in [0.1, 0.15) is 20.8 Å². The van der Waals surface area contributed by atoms with Crippen LogP contribution < -0.4 is 0 Å². The molecular formula is C21H16N2OS2. The van der Waals surface area contributed by atoms with Gasteiger partial charge in [-0.2, -0.15) is 0 Å². The molecule has 0 atom stereocenters. The maximum atomic E-state index is 13.4. The first-order valence-corrected chi connectivity index (χ1v) is 10.3. The molecule has 0 bridgehead atoms. The van der Waals surface area contributed by atoms with E-state index in [4.69, 9.17) is 4.98 Å². The molecule has 0 saturated carbocycles. The molecule has 5 rings (SSSR count). The number of benzene rings is 1. The number of para-hydroxylation sites is 1. The molecule has 128 valence electrons. The summed E-state index contributed by atoms with van der Waals surface area (Å²) in [4.78, 5) is 22.6. The van der Waals surface area contributed by atoms with Crippen LogP contribution in [-0.2, 0) is 13.0 Å². The largest absolute Gasteiger partial charge is 0.334 e. The zero-order valence-corrected chi connectivity index (χ0v) is 15.6. The lowest BCUT2D eigenvalue weighted by Gasteiger charge is -2.27. The molecular weight excluding hydrogens is 360 g/mol. The molecule has 1 aromatic carbocycles. The summed E-state index contributed by atoms with van der Waals surface area (Å²) in [6.07, 6.45) is 0.944. The highest BCUT2D eigenvalue weighted by atomic mass is 32.1. The Balaban J connectivity index is 1.60. The van der Waals surface area contributed by atoms with E-state index in [0.29, 0.717) is 6.54 Å². The van der Waals surface area contributed by atoms with Crippen LogP contribution in [0.5, 0.6) is 0 Å². The van der Waals surface area contributed by atoms with Gasteiger partial charge in [-0.1, -0.05) is 24.3 Å². The lowest BCUT2D eigenvalue weighted by Crippen LogP contribution is -2.35. The van der Waals surface area contributed by atoms with E-state index in [-0.39, 0.29) is 5.91 Å². The molecule has 3 nitrogen and oxygen atoms in total. The highest BCUT2D eigenvalue weighted by Crippen LogP contribution is 2.30. The molecule has 1 aliphatic heterocycles. The molecule has 4 aromatic rings. The first-order chi connectivity index (χ1) is 12.8. The van der Waals surface area contributed by atoms with Gasteiger partial charge in [0.15, 0.2) is 0 Å². The van der Waals surface area contributed by atoms with Gasteiger partial charge in [-0.15, -0.1) is 22.7 Å². The van der Waals surface area contributed by atoms with E-state index >= 15 is 0 Å². The Morgan fingerprint density at radius 2 is 1.96 bits per heavy atom. The Hall–Kier alpha value is -2.50. The summed E-state index contributed by atoms with van der Waals surface area (Å²) in [6.45, 7) is 1.47. The summed E-state index contributed by atoms with van der Waals surface area (Å²) in [5.74, 6) is 0.0956.